The highest BCUT2D eigenvalue weighted by atomic mass is 16.6. The SMILES string of the molecule is C=C1CC[C@@H]2[C@@H](C=C(C)C(=O)[C@@]3(OC(C)=O)C[C@H](C)[C@H](OC(C)=O)[C@@H]3[C@H]1OC(=O)c1ccccc1)C2(C)C. The summed E-state index contributed by atoms with van der Waals surface area (Å²) < 4.78 is 17.9. The number of carbonyl (C=O) groups excluding carboxylic acids is 4. The van der Waals surface area contributed by atoms with E-state index < -0.39 is 41.6 Å². The summed E-state index contributed by atoms with van der Waals surface area (Å²) in [5.74, 6) is -2.88. The average molecular weight is 523 g/mol. The monoisotopic (exact) mass is 522 g/mol. The number of ether oxygens (including phenoxy) is 3. The molecule has 7 heteroatoms. The molecule has 0 heterocycles. The molecule has 2 fully saturated rings. The van der Waals surface area contributed by atoms with E-state index in [1.807, 2.05) is 13.0 Å². The van der Waals surface area contributed by atoms with Gasteiger partial charge >= 0.3 is 17.9 Å². The molecule has 0 spiro atoms. The Kier molecular flexibility index (Phi) is 7.43. The van der Waals surface area contributed by atoms with Crippen LogP contribution in [0.1, 0.15) is 71.2 Å². The first-order chi connectivity index (χ1) is 17.8. The summed E-state index contributed by atoms with van der Waals surface area (Å²) in [4.78, 5) is 52.4. The van der Waals surface area contributed by atoms with Crippen LogP contribution in [-0.4, -0.2) is 41.5 Å². The number of benzene rings is 1. The lowest BCUT2D eigenvalue weighted by molar-refractivity contribution is -0.178. The molecule has 0 aromatic heterocycles. The fourth-order valence-corrected chi connectivity index (χ4v) is 6.80. The Morgan fingerprint density at radius 1 is 1.03 bits per heavy atom. The van der Waals surface area contributed by atoms with Crippen LogP contribution in [0.15, 0.2) is 54.1 Å². The predicted octanol–water partition coefficient (Wildman–Crippen LogP) is 5.24. The number of esters is 3. The van der Waals surface area contributed by atoms with Crippen LogP contribution >= 0.6 is 0 Å². The molecule has 0 bridgehead atoms. The van der Waals surface area contributed by atoms with Gasteiger partial charge in [-0.1, -0.05) is 51.6 Å². The average Bonchev–Trinajstić information content (AvgIpc) is 3.24. The van der Waals surface area contributed by atoms with Gasteiger partial charge in [-0.05, 0) is 66.2 Å². The highest BCUT2D eigenvalue weighted by Crippen LogP contribution is 2.62. The van der Waals surface area contributed by atoms with Crippen LogP contribution < -0.4 is 0 Å². The lowest BCUT2D eigenvalue weighted by Crippen LogP contribution is -2.55. The summed E-state index contributed by atoms with van der Waals surface area (Å²) in [5, 5.41) is 0. The van der Waals surface area contributed by atoms with E-state index in [-0.39, 0.29) is 29.5 Å². The minimum Gasteiger partial charge on any atom is -0.462 e. The van der Waals surface area contributed by atoms with Crippen molar-refractivity contribution >= 4 is 23.7 Å². The van der Waals surface area contributed by atoms with Gasteiger partial charge in [0, 0.05) is 20.3 Å². The van der Waals surface area contributed by atoms with Crippen molar-refractivity contribution in [2.24, 2.45) is 29.1 Å². The molecule has 7 nitrogen and oxygen atoms in total. The molecule has 1 aromatic carbocycles. The first-order valence-electron chi connectivity index (χ1n) is 13.3. The van der Waals surface area contributed by atoms with Crippen LogP contribution in [0, 0.1) is 29.1 Å². The molecule has 0 N–H and O–H groups in total. The first kappa shape index (κ1) is 27.8. The van der Waals surface area contributed by atoms with E-state index in [1.54, 1.807) is 37.3 Å². The lowest BCUT2D eigenvalue weighted by Gasteiger charge is -2.40. The van der Waals surface area contributed by atoms with Crippen molar-refractivity contribution in [3.8, 4) is 0 Å². The summed E-state index contributed by atoms with van der Waals surface area (Å²) in [7, 11) is 0. The molecule has 3 aliphatic rings. The number of hydrogen-bond acceptors (Lipinski definition) is 7. The zero-order chi connectivity index (χ0) is 28.0. The van der Waals surface area contributed by atoms with Crippen LogP contribution in [-0.2, 0) is 28.6 Å². The topological polar surface area (TPSA) is 96.0 Å². The molecular weight excluding hydrogens is 484 g/mol. The van der Waals surface area contributed by atoms with E-state index in [4.69, 9.17) is 14.2 Å². The van der Waals surface area contributed by atoms with Crippen molar-refractivity contribution in [3.63, 3.8) is 0 Å². The lowest BCUT2D eigenvalue weighted by atomic mass is 9.76. The van der Waals surface area contributed by atoms with Crippen molar-refractivity contribution in [2.75, 3.05) is 0 Å². The van der Waals surface area contributed by atoms with E-state index in [1.165, 1.54) is 13.8 Å². The van der Waals surface area contributed by atoms with Crippen LogP contribution in [0.5, 0.6) is 0 Å². The number of hydrogen-bond donors (Lipinski definition) is 0. The second-order valence-electron chi connectivity index (χ2n) is 11.8. The number of carbonyl (C=O) groups is 4. The minimum absolute atomic E-state index is 0.00840. The number of rotatable bonds is 4. The van der Waals surface area contributed by atoms with Gasteiger partial charge in [0.05, 0.1) is 11.5 Å². The van der Waals surface area contributed by atoms with Crippen LogP contribution in [0.25, 0.3) is 0 Å². The van der Waals surface area contributed by atoms with Gasteiger partial charge in [0.1, 0.15) is 12.2 Å². The van der Waals surface area contributed by atoms with Gasteiger partial charge in [0.25, 0.3) is 0 Å². The van der Waals surface area contributed by atoms with Gasteiger partial charge in [-0.25, -0.2) is 4.79 Å². The van der Waals surface area contributed by atoms with Gasteiger partial charge in [-0.3, -0.25) is 14.4 Å². The zero-order valence-corrected chi connectivity index (χ0v) is 23.1. The summed E-state index contributed by atoms with van der Waals surface area (Å²) in [5.41, 5.74) is -0.235. The Morgan fingerprint density at radius 2 is 1.68 bits per heavy atom. The number of allylic oxidation sites excluding steroid dienone is 1. The van der Waals surface area contributed by atoms with E-state index >= 15 is 0 Å². The molecule has 38 heavy (non-hydrogen) atoms. The number of fused-ring (bicyclic) bond motifs is 2. The van der Waals surface area contributed by atoms with Crippen molar-refractivity contribution < 1.29 is 33.4 Å². The second kappa shape index (κ2) is 10.2. The van der Waals surface area contributed by atoms with Gasteiger partial charge in [-0.15, -0.1) is 0 Å². The van der Waals surface area contributed by atoms with Crippen LogP contribution in [0.3, 0.4) is 0 Å². The molecule has 0 aliphatic heterocycles. The minimum atomic E-state index is -1.69. The van der Waals surface area contributed by atoms with Gasteiger partial charge in [0.2, 0.25) is 5.78 Å². The Bertz CT molecular complexity index is 1180. The third-order valence-electron chi connectivity index (χ3n) is 8.77. The Labute approximate surface area is 224 Å². The Hall–Kier alpha value is -3.22. The maximum atomic E-state index is 14.3. The summed E-state index contributed by atoms with van der Waals surface area (Å²) in [6, 6.07) is 8.56. The highest BCUT2D eigenvalue weighted by molar-refractivity contribution is 6.03. The van der Waals surface area contributed by atoms with Crippen molar-refractivity contribution in [2.45, 2.75) is 78.6 Å². The van der Waals surface area contributed by atoms with Gasteiger partial charge in [0.15, 0.2) is 5.60 Å². The third kappa shape index (κ3) is 4.95. The molecule has 204 valence electrons. The predicted molar refractivity (Wildman–Crippen MR) is 141 cm³/mol. The molecule has 3 aliphatic carbocycles. The molecule has 4 rings (SSSR count). The molecule has 0 saturated heterocycles. The number of Topliss-reactive ketones (excluding diaryl/α,β-unsaturated/α-hetero) is 1. The summed E-state index contributed by atoms with van der Waals surface area (Å²) in [6.07, 6.45) is 1.62. The maximum Gasteiger partial charge on any atom is 0.338 e. The molecule has 0 radical (unpaired) electrons. The molecule has 2 saturated carbocycles. The molecule has 7 atom stereocenters. The van der Waals surface area contributed by atoms with Gasteiger partial charge in [-0.2, -0.15) is 0 Å². The van der Waals surface area contributed by atoms with E-state index in [0.717, 1.165) is 6.42 Å². The van der Waals surface area contributed by atoms with E-state index in [9.17, 15) is 19.2 Å². The summed E-state index contributed by atoms with van der Waals surface area (Å²) in [6.45, 7) is 14.8. The van der Waals surface area contributed by atoms with Crippen molar-refractivity contribution in [3.05, 3.63) is 59.7 Å². The molecular formula is C31H38O7. The Morgan fingerprint density at radius 3 is 2.29 bits per heavy atom. The van der Waals surface area contributed by atoms with Gasteiger partial charge < -0.3 is 14.2 Å². The van der Waals surface area contributed by atoms with E-state index in [2.05, 4.69) is 20.4 Å². The highest BCUT2D eigenvalue weighted by Gasteiger charge is 2.65. The Balaban J connectivity index is 1.89. The third-order valence-corrected chi connectivity index (χ3v) is 8.77. The molecule has 1 aromatic rings. The second-order valence-corrected chi connectivity index (χ2v) is 11.8. The normalized spacial score (nSPS) is 34.1. The van der Waals surface area contributed by atoms with Crippen LogP contribution in [0.2, 0.25) is 0 Å². The van der Waals surface area contributed by atoms with Crippen molar-refractivity contribution in [1.29, 1.82) is 0 Å². The fourth-order valence-electron chi connectivity index (χ4n) is 6.80. The molecule has 0 unspecified atom stereocenters. The van der Waals surface area contributed by atoms with Crippen LogP contribution in [0.4, 0.5) is 0 Å². The quantitative estimate of drug-likeness (QED) is 0.303. The fraction of sp³-hybridized carbons (Fsp3) is 0.548. The standard InChI is InChI=1S/C31H38O7/c1-17-13-14-23-24(30(23,6)7)15-18(2)28(34)31(38-21(5)33)16-19(3)27(36-20(4)32)25(31)26(17)37-29(35)22-11-9-8-10-12-22/h8-12,15,19,23-27H,1,13-14,16H2,2-7H3/t19-,23+,24+,25-,26-,27-,31+/m0/s1. The summed E-state index contributed by atoms with van der Waals surface area (Å²) >= 11 is 0. The zero-order valence-electron chi connectivity index (χ0n) is 23.1. The van der Waals surface area contributed by atoms with E-state index in [0.29, 0.717) is 29.0 Å². The largest absolute Gasteiger partial charge is 0.462 e. The molecule has 0 amide bonds. The van der Waals surface area contributed by atoms with Crippen molar-refractivity contribution in [1.82, 2.24) is 0 Å². The number of ketones is 1. The maximum absolute atomic E-state index is 14.3. The first-order valence-corrected chi connectivity index (χ1v) is 13.3. The smallest absolute Gasteiger partial charge is 0.338 e.